The third-order valence-corrected chi connectivity index (χ3v) is 2.58. The first-order valence-electron chi connectivity index (χ1n) is 5.67. The highest BCUT2D eigenvalue weighted by molar-refractivity contribution is 5.79. The van der Waals surface area contributed by atoms with Gasteiger partial charge in [-0.15, -0.1) is 5.10 Å². The first-order chi connectivity index (χ1) is 9.38. The highest BCUT2D eigenvalue weighted by atomic mass is 19.4. The molecule has 9 heteroatoms. The van der Waals surface area contributed by atoms with Crippen LogP contribution in [0.3, 0.4) is 0 Å². The topological polar surface area (TPSA) is 80.0 Å². The van der Waals surface area contributed by atoms with E-state index in [2.05, 4.69) is 10.3 Å². The zero-order valence-corrected chi connectivity index (χ0v) is 10.1. The van der Waals surface area contributed by atoms with Gasteiger partial charge in [0.1, 0.15) is 12.1 Å². The standard InChI is InChI=1S/C11H11F3N4O2/c12-11(13,14)9(19)5-15-10(20)6-18-8-4-2-1-3-7(8)16-17-18/h1-4,9,19H,5-6H2,(H,15,20)/t9-/m0/s1. The number of para-hydroxylation sites is 1. The molecule has 0 radical (unpaired) electrons. The second kappa shape index (κ2) is 5.45. The van der Waals surface area contributed by atoms with E-state index in [1.165, 1.54) is 4.68 Å². The van der Waals surface area contributed by atoms with E-state index in [0.717, 1.165) is 0 Å². The summed E-state index contributed by atoms with van der Waals surface area (Å²) >= 11 is 0. The van der Waals surface area contributed by atoms with Crippen molar-refractivity contribution in [3.63, 3.8) is 0 Å². The highest BCUT2D eigenvalue weighted by Gasteiger charge is 2.38. The van der Waals surface area contributed by atoms with Crippen molar-refractivity contribution in [1.29, 1.82) is 0 Å². The van der Waals surface area contributed by atoms with Crippen LogP contribution in [0.4, 0.5) is 13.2 Å². The van der Waals surface area contributed by atoms with E-state index in [1.54, 1.807) is 24.3 Å². The molecule has 1 amide bonds. The average molecular weight is 288 g/mol. The SMILES string of the molecule is O=C(Cn1nnc2ccccc21)NC[C@H](O)C(F)(F)F. The molecule has 0 saturated carbocycles. The fourth-order valence-corrected chi connectivity index (χ4v) is 1.55. The van der Waals surface area contributed by atoms with E-state index in [9.17, 15) is 18.0 Å². The summed E-state index contributed by atoms with van der Waals surface area (Å²) in [4.78, 5) is 11.5. The third kappa shape index (κ3) is 3.23. The van der Waals surface area contributed by atoms with Crippen LogP contribution in [0.15, 0.2) is 24.3 Å². The van der Waals surface area contributed by atoms with Crippen molar-refractivity contribution in [3.8, 4) is 0 Å². The Hall–Kier alpha value is -2.16. The molecule has 2 aromatic rings. The lowest BCUT2D eigenvalue weighted by molar-refractivity contribution is -0.201. The number of carbonyl (C=O) groups is 1. The molecular weight excluding hydrogens is 277 g/mol. The number of nitrogens with one attached hydrogen (secondary N) is 1. The van der Waals surface area contributed by atoms with Gasteiger partial charge in [-0.2, -0.15) is 13.2 Å². The van der Waals surface area contributed by atoms with Gasteiger partial charge in [-0.1, -0.05) is 17.3 Å². The van der Waals surface area contributed by atoms with Crippen molar-refractivity contribution in [2.75, 3.05) is 6.54 Å². The van der Waals surface area contributed by atoms with Crippen LogP contribution in [-0.4, -0.2) is 44.8 Å². The predicted octanol–water partition coefficient (Wildman–Crippen LogP) is 0.471. The van der Waals surface area contributed by atoms with Gasteiger partial charge in [0.15, 0.2) is 6.10 Å². The van der Waals surface area contributed by atoms with Crippen molar-refractivity contribution in [1.82, 2.24) is 20.3 Å². The summed E-state index contributed by atoms with van der Waals surface area (Å²) in [5, 5.41) is 18.3. The number of hydrogen-bond donors (Lipinski definition) is 2. The molecule has 20 heavy (non-hydrogen) atoms. The molecule has 0 aliphatic rings. The summed E-state index contributed by atoms with van der Waals surface area (Å²) in [5.41, 5.74) is 1.18. The molecule has 1 aromatic heterocycles. The van der Waals surface area contributed by atoms with Crippen LogP contribution >= 0.6 is 0 Å². The molecule has 0 unspecified atom stereocenters. The van der Waals surface area contributed by atoms with Crippen LogP contribution in [0.1, 0.15) is 0 Å². The minimum atomic E-state index is -4.76. The number of aliphatic hydroxyl groups is 1. The van der Waals surface area contributed by atoms with E-state index >= 15 is 0 Å². The number of fused-ring (bicyclic) bond motifs is 1. The van der Waals surface area contributed by atoms with Crippen LogP contribution in [0.25, 0.3) is 11.0 Å². The smallest absolute Gasteiger partial charge is 0.382 e. The van der Waals surface area contributed by atoms with E-state index in [1.807, 2.05) is 5.32 Å². The summed E-state index contributed by atoms with van der Waals surface area (Å²) in [6.45, 7) is -1.17. The summed E-state index contributed by atoms with van der Waals surface area (Å²) in [5.74, 6) is -0.691. The molecule has 0 bridgehead atoms. The van der Waals surface area contributed by atoms with Crippen LogP contribution in [0, 0.1) is 0 Å². The number of aromatic nitrogens is 3. The summed E-state index contributed by atoms with van der Waals surface area (Å²) in [6, 6.07) is 6.87. The highest BCUT2D eigenvalue weighted by Crippen LogP contribution is 2.19. The largest absolute Gasteiger partial charge is 0.416 e. The maximum atomic E-state index is 12.1. The molecule has 108 valence electrons. The van der Waals surface area contributed by atoms with Crippen molar-refractivity contribution in [2.24, 2.45) is 0 Å². The number of aliphatic hydroxyl groups excluding tert-OH is 1. The van der Waals surface area contributed by atoms with Crippen molar-refractivity contribution in [3.05, 3.63) is 24.3 Å². The molecule has 1 atom stereocenters. The normalized spacial score (nSPS) is 13.4. The van der Waals surface area contributed by atoms with Gasteiger partial charge in [-0.3, -0.25) is 4.79 Å². The molecular formula is C11H11F3N4O2. The number of carbonyl (C=O) groups excluding carboxylic acids is 1. The van der Waals surface area contributed by atoms with Crippen molar-refractivity contribution >= 4 is 16.9 Å². The van der Waals surface area contributed by atoms with Crippen LogP contribution in [-0.2, 0) is 11.3 Å². The number of amides is 1. The number of benzene rings is 1. The Morgan fingerprint density at radius 1 is 1.40 bits per heavy atom. The Bertz CT molecular complexity index is 611. The molecule has 2 rings (SSSR count). The van der Waals surface area contributed by atoms with Crippen molar-refractivity contribution in [2.45, 2.75) is 18.8 Å². The zero-order valence-electron chi connectivity index (χ0n) is 10.1. The summed E-state index contributed by atoms with van der Waals surface area (Å²) in [6.07, 6.45) is -7.34. The molecule has 0 saturated heterocycles. The molecule has 0 aliphatic carbocycles. The van der Waals surface area contributed by atoms with Gasteiger partial charge in [-0.25, -0.2) is 4.68 Å². The number of halogens is 3. The van der Waals surface area contributed by atoms with Gasteiger partial charge in [0.2, 0.25) is 5.91 Å². The van der Waals surface area contributed by atoms with Gasteiger partial charge in [0.25, 0.3) is 0 Å². The quantitative estimate of drug-likeness (QED) is 0.857. The zero-order chi connectivity index (χ0) is 14.8. The Balaban J connectivity index is 1.95. The van der Waals surface area contributed by atoms with Crippen LogP contribution in [0.2, 0.25) is 0 Å². The lowest BCUT2D eigenvalue weighted by Gasteiger charge is -2.14. The lowest BCUT2D eigenvalue weighted by Crippen LogP contribution is -2.41. The Morgan fingerprint density at radius 2 is 2.10 bits per heavy atom. The van der Waals surface area contributed by atoms with Gasteiger partial charge in [-0.05, 0) is 12.1 Å². The van der Waals surface area contributed by atoms with Crippen molar-refractivity contribution < 1.29 is 23.1 Å². The lowest BCUT2D eigenvalue weighted by atomic mass is 10.3. The number of hydrogen-bond acceptors (Lipinski definition) is 4. The first kappa shape index (κ1) is 14.3. The fraction of sp³-hybridized carbons (Fsp3) is 0.364. The molecule has 0 spiro atoms. The first-order valence-corrected chi connectivity index (χ1v) is 5.67. The Labute approximate surface area is 111 Å². The Morgan fingerprint density at radius 3 is 2.80 bits per heavy atom. The molecule has 2 N–H and O–H groups in total. The monoisotopic (exact) mass is 288 g/mol. The van der Waals surface area contributed by atoms with Gasteiger partial charge in [0, 0.05) is 0 Å². The van der Waals surface area contributed by atoms with E-state index in [4.69, 9.17) is 5.11 Å². The van der Waals surface area contributed by atoms with E-state index < -0.39 is 24.7 Å². The van der Waals surface area contributed by atoms with Crippen LogP contribution < -0.4 is 5.32 Å². The molecule has 6 nitrogen and oxygen atoms in total. The average Bonchev–Trinajstić information content (AvgIpc) is 2.78. The molecule has 0 fully saturated rings. The van der Waals surface area contributed by atoms with Gasteiger partial charge in [0.05, 0.1) is 12.1 Å². The minimum Gasteiger partial charge on any atom is -0.382 e. The van der Waals surface area contributed by atoms with E-state index in [-0.39, 0.29) is 6.54 Å². The second-order valence-corrected chi connectivity index (χ2v) is 4.10. The molecule has 1 aromatic carbocycles. The predicted molar refractivity (Wildman–Crippen MR) is 62.6 cm³/mol. The van der Waals surface area contributed by atoms with E-state index in [0.29, 0.717) is 11.0 Å². The maximum absolute atomic E-state index is 12.1. The molecule has 0 aliphatic heterocycles. The van der Waals surface area contributed by atoms with Gasteiger partial charge >= 0.3 is 6.18 Å². The summed E-state index contributed by atoms with van der Waals surface area (Å²) in [7, 11) is 0. The molecule has 1 heterocycles. The second-order valence-electron chi connectivity index (χ2n) is 4.10. The Kier molecular flexibility index (Phi) is 3.89. The fourth-order valence-electron chi connectivity index (χ4n) is 1.55. The maximum Gasteiger partial charge on any atom is 0.416 e. The van der Waals surface area contributed by atoms with Crippen LogP contribution in [0.5, 0.6) is 0 Å². The number of nitrogens with zero attached hydrogens (tertiary/aromatic N) is 3. The number of alkyl halides is 3. The van der Waals surface area contributed by atoms with Gasteiger partial charge < -0.3 is 10.4 Å². The summed E-state index contributed by atoms with van der Waals surface area (Å²) < 4.78 is 37.4. The minimum absolute atomic E-state index is 0.273. The number of rotatable bonds is 4. The third-order valence-electron chi connectivity index (χ3n) is 2.58.